The second-order valence-corrected chi connectivity index (χ2v) is 9.70. The summed E-state index contributed by atoms with van der Waals surface area (Å²) >= 11 is 6.96. The number of aromatic nitrogens is 1. The van der Waals surface area contributed by atoms with Gasteiger partial charge in [-0.25, -0.2) is 4.98 Å². The van der Waals surface area contributed by atoms with Crippen molar-refractivity contribution in [1.29, 1.82) is 0 Å². The maximum absolute atomic E-state index is 12.5. The van der Waals surface area contributed by atoms with Gasteiger partial charge in [0.05, 0.1) is 23.4 Å². The van der Waals surface area contributed by atoms with Crippen LogP contribution in [0.3, 0.4) is 0 Å². The summed E-state index contributed by atoms with van der Waals surface area (Å²) in [6, 6.07) is 5.86. The number of ether oxygens (including phenoxy) is 2. The van der Waals surface area contributed by atoms with E-state index in [1.807, 2.05) is 36.4 Å². The molecule has 9 heteroatoms. The largest absolute Gasteiger partial charge is 0.369 e. The summed E-state index contributed by atoms with van der Waals surface area (Å²) in [5.74, 6) is 0.205. The second kappa shape index (κ2) is 9.66. The van der Waals surface area contributed by atoms with Gasteiger partial charge in [-0.2, -0.15) is 0 Å². The number of carbonyl (C=O) groups excluding carboxylic acids is 1. The van der Waals surface area contributed by atoms with Crippen LogP contribution in [0, 0.1) is 5.92 Å². The van der Waals surface area contributed by atoms with Crippen LogP contribution in [0.25, 0.3) is 10.2 Å². The van der Waals surface area contributed by atoms with E-state index in [2.05, 4.69) is 20.9 Å². The Morgan fingerprint density at radius 2 is 1.88 bits per heavy atom. The highest BCUT2D eigenvalue weighted by Crippen LogP contribution is 2.30. The first-order valence-electron chi connectivity index (χ1n) is 11.1. The molecule has 168 valence electrons. The Kier molecular flexibility index (Phi) is 6.49. The monoisotopic (exact) mass is 470 g/mol. The SMILES string of the molecule is O=C(Nc1nc2ccc(NC(=S)NC3=CC4OCCOC4C=C3)cc2s1)C1CCCCC1. The Labute approximate surface area is 196 Å². The van der Waals surface area contributed by atoms with E-state index in [9.17, 15) is 4.79 Å². The molecule has 2 heterocycles. The zero-order chi connectivity index (χ0) is 21.9. The Hall–Kier alpha value is -2.33. The summed E-state index contributed by atoms with van der Waals surface area (Å²) in [5.41, 5.74) is 2.59. The Morgan fingerprint density at radius 1 is 1.06 bits per heavy atom. The molecule has 5 rings (SSSR count). The third-order valence-electron chi connectivity index (χ3n) is 5.95. The van der Waals surface area contributed by atoms with Crippen molar-refractivity contribution in [2.45, 2.75) is 44.3 Å². The quantitative estimate of drug-likeness (QED) is 0.573. The number of thiocarbonyl (C=S) groups is 1. The Morgan fingerprint density at radius 3 is 2.72 bits per heavy atom. The van der Waals surface area contributed by atoms with Crippen molar-refractivity contribution in [3.63, 3.8) is 0 Å². The molecule has 32 heavy (non-hydrogen) atoms. The predicted octanol–water partition coefficient (Wildman–Crippen LogP) is 4.34. The lowest BCUT2D eigenvalue weighted by atomic mass is 9.89. The molecule has 1 saturated carbocycles. The van der Waals surface area contributed by atoms with Gasteiger partial charge >= 0.3 is 0 Å². The molecule has 3 aliphatic rings. The average molecular weight is 471 g/mol. The summed E-state index contributed by atoms with van der Waals surface area (Å²) in [6.45, 7) is 1.22. The molecule has 2 aromatic rings. The maximum atomic E-state index is 12.5. The highest BCUT2D eigenvalue weighted by Gasteiger charge is 2.26. The van der Waals surface area contributed by atoms with E-state index in [1.165, 1.54) is 17.8 Å². The van der Waals surface area contributed by atoms with Crippen LogP contribution < -0.4 is 16.0 Å². The van der Waals surface area contributed by atoms with Crippen molar-refractivity contribution in [3.8, 4) is 0 Å². The topological polar surface area (TPSA) is 84.5 Å². The number of fused-ring (bicyclic) bond motifs is 2. The first-order chi connectivity index (χ1) is 15.6. The van der Waals surface area contributed by atoms with Gasteiger partial charge in [-0.15, -0.1) is 0 Å². The van der Waals surface area contributed by atoms with Crippen LogP contribution in [0.15, 0.2) is 42.1 Å². The van der Waals surface area contributed by atoms with E-state index in [1.54, 1.807) is 0 Å². The number of carbonyl (C=O) groups is 1. The fourth-order valence-corrected chi connectivity index (χ4v) is 5.45. The van der Waals surface area contributed by atoms with Gasteiger partial charge in [-0.1, -0.05) is 36.7 Å². The summed E-state index contributed by atoms with van der Waals surface area (Å²) in [4.78, 5) is 17.1. The number of hydrogen-bond acceptors (Lipinski definition) is 6. The van der Waals surface area contributed by atoms with Gasteiger partial charge < -0.3 is 25.4 Å². The number of nitrogens with one attached hydrogen (secondary N) is 3. The van der Waals surface area contributed by atoms with Crippen LogP contribution in [0.2, 0.25) is 0 Å². The van der Waals surface area contributed by atoms with Gasteiger partial charge in [0.25, 0.3) is 0 Å². The normalized spacial score (nSPS) is 23.3. The number of benzene rings is 1. The van der Waals surface area contributed by atoms with Gasteiger partial charge in [0.15, 0.2) is 10.2 Å². The minimum absolute atomic E-state index is 0.0302. The maximum Gasteiger partial charge on any atom is 0.229 e. The molecule has 2 fully saturated rings. The molecule has 1 aromatic carbocycles. The van der Waals surface area contributed by atoms with Crippen LogP contribution >= 0.6 is 23.6 Å². The first-order valence-corrected chi connectivity index (χ1v) is 12.3. The molecule has 7 nitrogen and oxygen atoms in total. The fraction of sp³-hybridized carbons (Fsp3) is 0.435. The van der Waals surface area contributed by atoms with Crippen LogP contribution in [-0.4, -0.2) is 41.4 Å². The van der Waals surface area contributed by atoms with Gasteiger partial charge in [0.2, 0.25) is 5.91 Å². The molecular weight excluding hydrogens is 444 g/mol. The van der Waals surface area contributed by atoms with Crippen molar-refractivity contribution in [2.75, 3.05) is 23.8 Å². The van der Waals surface area contributed by atoms with E-state index < -0.39 is 0 Å². The first kappa shape index (κ1) is 21.5. The van der Waals surface area contributed by atoms with Crippen LogP contribution in [0.1, 0.15) is 32.1 Å². The highest BCUT2D eigenvalue weighted by atomic mass is 32.1. The highest BCUT2D eigenvalue weighted by molar-refractivity contribution is 7.80. The standard InChI is InChI=1S/C23H26N4O3S2/c28-21(14-4-2-1-3-5-14)27-23-26-17-8-6-16(13-20(17)32-23)25-22(31)24-15-7-9-18-19(12-15)30-11-10-29-18/h6-9,12-14,18-19H,1-5,10-11H2,(H2,24,25,31)(H,26,27,28). The van der Waals surface area contributed by atoms with Crippen LogP contribution in [0.5, 0.6) is 0 Å². The van der Waals surface area contributed by atoms with Gasteiger partial charge in [0, 0.05) is 17.3 Å². The third kappa shape index (κ3) is 5.01. The van der Waals surface area contributed by atoms with Crippen LogP contribution in [-0.2, 0) is 14.3 Å². The number of nitrogens with zero attached hydrogens (tertiary/aromatic N) is 1. The van der Waals surface area contributed by atoms with Crippen molar-refractivity contribution in [2.24, 2.45) is 5.92 Å². The van der Waals surface area contributed by atoms with Gasteiger partial charge in [-0.05, 0) is 55.4 Å². The molecular formula is C23H26N4O3S2. The Bertz CT molecular complexity index is 1070. The lowest BCUT2D eigenvalue weighted by Crippen LogP contribution is -2.39. The van der Waals surface area contributed by atoms with E-state index >= 15 is 0 Å². The molecule has 1 aromatic heterocycles. The number of thiazole rings is 1. The zero-order valence-electron chi connectivity index (χ0n) is 17.6. The number of amides is 1. The molecule has 2 atom stereocenters. The van der Waals surface area contributed by atoms with E-state index in [4.69, 9.17) is 21.7 Å². The smallest absolute Gasteiger partial charge is 0.229 e. The van der Waals surface area contributed by atoms with Crippen molar-refractivity contribution >= 4 is 55.6 Å². The molecule has 2 unspecified atom stereocenters. The van der Waals surface area contributed by atoms with E-state index in [0.717, 1.165) is 47.3 Å². The lowest BCUT2D eigenvalue weighted by Gasteiger charge is -2.31. The molecule has 0 spiro atoms. The third-order valence-corrected chi connectivity index (χ3v) is 7.09. The molecule has 2 aliphatic carbocycles. The minimum Gasteiger partial charge on any atom is -0.369 e. The van der Waals surface area contributed by atoms with Crippen molar-refractivity contribution < 1.29 is 14.3 Å². The van der Waals surface area contributed by atoms with E-state index in [0.29, 0.717) is 23.5 Å². The fourth-order valence-electron chi connectivity index (χ4n) is 4.30. The molecule has 3 N–H and O–H groups in total. The summed E-state index contributed by atoms with van der Waals surface area (Å²) < 4.78 is 12.4. The summed E-state index contributed by atoms with van der Waals surface area (Å²) in [6.07, 6.45) is 11.3. The van der Waals surface area contributed by atoms with Crippen LogP contribution in [0.4, 0.5) is 10.8 Å². The predicted molar refractivity (Wildman–Crippen MR) is 131 cm³/mol. The van der Waals surface area contributed by atoms with E-state index in [-0.39, 0.29) is 24.0 Å². The number of rotatable bonds is 4. The summed E-state index contributed by atoms with van der Waals surface area (Å²) in [7, 11) is 0. The van der Waals surface area contributed by atoms with Crippen molar-refractivity contribution in [1.82, 2.24) is 10.3 Å². The lowest BCUT2D eigenvalue weighted by molar-refractivity contribution is -0.120. The van der Waals surface area contributed by atoms with Gasteiger partial charge in [0.1, 0.15) is 12.2 Å². The van der Waals surface area contributed by atoms with Gasteiger partial charge in [-0.3, -0.25) is 4.79 Å². The molecule has 0 bridgehead atoms. The van der Waals surface area contributed by atoms with Crippen molar-refractivity contribution in [3.05, 3.63) is 42.1 Å². The number of allylic oxidation sites excluding steroid dienone is 1. The Balaban J connectivity index is 1.20. The molecule has 1 aliphatic heterocycles. The average Bonchev–Trinajstić information content (AvgIpc) is 3.21. The zero-order valence-corrected chi connectivity index (χ0v) is 19.3. The number of hydrogen-bond donors (Lipinski definition) is 3. The molecule has 1 saturated heterocycles. The summed E-state index contributed by atoms with van der Waals surface area (Å²) in [5, 5.41) is 10.6. The molecule has 1 amide bonds. The number of anilines is 2. The second-order valence-electron chi connectivity index (χ2n) is 8.26. The molecule has 0 radical (unpaired) electrons. The minimum atomic E-state index is -0.0881.